The number of hydrogen-bond acceptors (Lipinski definition) is 3. The van der Waals surface area contributed by atoms with Crippen LogP contribution in [0.4, 0.5) is 13.2 Å². The Labute approximate surface area is 162 Å². The molecule has 1 heterocycles. The van der Waals surface area contributed by atoms with Gasteiger partial charge in [0.15, 0.2) is 0 Å². The van der Waals surface area contributed by atoms with Crippen LogP contribution in [0.1, 0.15) is 24.0 Å². The highest BCUT2D eigenvalue weighted by molar-refractivity contribution is 9.10. The predicted octanol–water partition coefficient (Wildman–Crippen LogP) is 4.27. The Balaban J connectivity index is 1.85. The standard InChI is InChI=1S/C19H16BrF3N2O2/c20-15-9-7-14(8-10-15)16-12-18(27,19(21,22)23)25(24-16)17(26)11-6-13-4-2-1-3-5-13/h1-5,7-10,27H,6,11-12H2. The Morgan fingerprint density at radius 3 is 2.37 bits per heavy atom. The first-order valence-electron chi connectivity index (χ1n) is 8.20. The number of aryl methyl sites for hydroxylation is 1. The van der Waals surface area contributed by atoms with Crippen molar-refractivity contribution in [2.24, 2.45) is 5.10 Å². The highest BCUT2D eigenvalue weighted by atomic mass is 79.9. The molecule has 0 radical (unpaired) electrons. The van der Waals surface area contributed by atoms with E-state index in [0.717, 1.165) is 10.0 Å². The van der Waals surface area contributed by atoms with Crippen molar-refractivity contribution in [1.82, 2.24) is 5.01 Å². The van der Waals surface area contributed by atoms with Crippen LogP contribution in [0.25, 0.3) is 0 Å². The zero-order valence-electron chi connectivity index (χ0n) is 14.1. The predicted molar refractivity (Wildman–Crippen MR) is 97.9 cm³/mol. The van der Waals surface area contributed by atoms with E-state index in [0.29, 0.717) is 5.56 Å². The normalized spacial score (nSPS) is 19.9. The average Bonchev–Trinajstić information content (AvgIpc) is 3.00. The molecule has 1 aliphatic rings. The number of carbonyl (C=O) groups excluding carboxylic acids is 1. The third kappa shape index (κ3) is 4.06. The number of carbonyl (C=O) groups is 1. The molecule has 27 heavy (non-hydrogen) atoms. The maximum Gasteiger partial charge on any atom is 0.438 e. The molecule has 0 fully saturated rings. The maximum absolute atomic E-state index is 13.5. The maximum atomic E-state index is 13.5. The molecule has 0 saturated heterocycles. The third-order valence-electron chi connectivity index (χ3n) is 4.32. The molecule has 1 N–H and O–H groups in total. The van der Waals surface area contributed by atoms with Gasteiger partial charge in [0.2, 0.25) is 5.91 Å². The minimum absolute atomic E-state index is 0.00962. The number of halogens is 4. The summed E-state index contributed by atoms with van der Waals surface area (Å²) >= 11 is 3.25. The first kappa shape index (κ1) is 19.6. The lowest BCUT2D eigenvalue weighted by atomic mass is 10.0. The van der Waals surface area contributed by atoms with Crippen molar-refractivity contribution in [3.8, 4) is 0 Å². The smallest absolute Gasteiger partial charge is 0.362 e. The van der Waals surface area contributed by atoms with Crippen molar-refractivity contribution in [2.75, 3.05) is 0 Å². The van der Waals surface area contributed by atoms with Crippen molar-refractivity contribution < 1.29 is 23.1 Å². The van der Waals surface area contributed by atoms with Crippen molar-refractivity contribution in [3.63, 3.8) is 0 Å². The second kappa shape index (κ2) is 7.44. The summed E-state index contributed by atoms with van der Waals surface area (Å²) in [5, 5.41) is 14.3. The highest BCUT2D eigenvalue weighted by Gasteiger charge is 2.63. The van der Waals surface area contributed by atoms with Crippen molar-refractivity contribution in [3.05, 3.63) is 70.2 Å². The van der Waals surface area contributed by atoms with Gasteiger partial charge in [0.25, 0.3) is 5.72 Å². The number of aliphatic hydroxyl groups is 1. The zero-order valence-corrected chi connectivity index (χ0v) is 15.7. The lowest BCUT2D eigenvalue weighted by Crippen LogP contribution is -2.56. The van der Waals surface area contributed by atoms with Gasteiger partial charge < -0.3 is 5.11 Å². The molecule has 0 aliphatic carbocycles. The quantitative estimate of drug-likeness (QED) is 0.771. The number of amides is 1. The molecule has 0 saturated carbocycles. The minimum atomic E-state index is -5.03. The van der Waals surface area contributed by atoms with Crippen LogP contribution in [0.3, 0.4) is 0 Å². The topological polar surface area (TPSA) is 52.9 Å². The molecule has 0 spiro atoms. The van der Waals surface area contributed by atoms with E-state index in [1.807, 2.05) is 6.07 Å². The summed E-state index contributed by atoms with van der Waals surface area (Å²) in [7, 11) is 0. The SMILES string of the molecule is O=C(CCc1ccccc1)N1N=C(c2ccc(Br)cc2)CC1(O)C(F)(F)F. The van der Waals surface area contributed by atoms with Gasteiger partial charge in [-0.2, -0.15) is 23.3 Å². The van der Waals surface area contributed by atoms with E-state index >= 15 is 0 Å². The Hall–Kier alpha value is -2.19. The van der Waals surface area contributed by atoms with Gasteiger partial charge in [-0.1, -0.05) is 58.4 Å². The van der Waals surface area contributed by atoms with Gasteiger partial charge in [-0.3, -0.25) is 4.79 Å². The van der Waals surface area contributed by atoms with Crippen molar-refractivity contribution in [1.29, 1.82) is 0 Å². The molecular formula is C19H16BrF3N2O2. The molecule has 142 valence electrons. The Morgan fingerprint density at radius 1 is 1.15 bits per heavy atom. The van der Waals surface area contributed by atoms with E-state index in [-0.39, 0.29) is 23.6 Å². The van der Waals surface area contributed by atoms with E-state index in [1.54, 1.807) is 48.5 Å². The fourth-order valence-corrected chi connectivity index (χ4v) is 3.10. The Kier molecular flexibility index (Phi) is 5.39. The number of hydrazone groups is 1. The molecule has 2 aromatic carbocycles. The van der Waals surface area contributed by atoms with E-state index in [1.165, 1.54) is 0 Å². The van der Waals surface area contributed by atoms with Crippen LogP contribution in [0.2, 0.25) is 0 Å². The lowest BCUT2D eigenvalue weighted by Gasteiger charge is -2.32. The van der Waals surface area contributed by atoms with Gasteiger partial charge in [-0.15, -0.1) is 0 Å². The molecular weight excluding hydrogens is 425 g/mol. The summed E-state index contributed by atoms with van der Waals surface area (Å²) < 4.78 is 41.4. The van der Waals surface area contributed by atoms with Crippen LogP contribution in [-0.2, 0) is 11.2 Å². The van der Waals surface area contributed by atoms with Gasteiger partial charge >= 0.3 is 6.18 Å². The summed E-state index contributed by atoms with van der Waals surface area (Å²) in [5.74, 6) is -0.884. The van der Waals surface area contributed by atoms with Crippen LogP contribution in [0, 0.1) is 0 Å². The number of nitrogens with zero attached hydrogens (tertiary/aromatic N) is 2. The Bertz CT molecular complexity index is 854. The van der Waals surface area contributed by atoms with Crippen LogP contribution >= 0.6 is 15.9 Å². The van der Waals surface area contributed by atoms with E-state index < -0.39 is 24.2 Å². The summed E-state index contributed by atoms with van der Waals surface area (Å²) in [6.07, 6.45) is -5.78. The second-order valence-corrected chi connectivity index (χ2v) is 7.15. The molecule has 0 aromatic heterocycles. The number of alkyl halides is 3. The summed E-state index contributed by atoms with van der Waals surface area (Å²) in [6, 6.07) is 15.4. The van der Waals surface area contributed by atoms with Gasteiger partial charge in [-0.25, -0.2) is 0 Å². The summed E-state index contributed by atoms with van der Waals surface area (Å²) in [4.78, 5) is 12.5. The molecule has 2 aromatic rings. The molecule has 1 unspecified atom stereocenters. The summed E-state index contributed by atoms with van der Waals surface area (Å²) in [6.45, 7) is 0. The van der Waals surface area contributed by atoms with Crippen LogP contribution in [-0.4, -0.2) is 33.6 Å². The fraction of sp³-hybridized carbons (Fsp3) is 0.263. The minimum Gasteiger partial charge on any atom is -0.362 e. The van der Waals surface area contributed by atoms with Crippen molar-refractivity contribution >= 4 is 27.5 Å². The van der Waals surface area contributed by atoms with Crippen LogP contribution in [0.15, 0.2) is 64.2 Å². The highest BCUT2D eigenvalue weighted by Crippen LogP contribution is 2.41. The van der Waals surface area contributed by atoms with Crippen LogP contribution in [0.5, 0.6) is 0 Å². The largest absolute Gasteiger partial charge is 0.438 e. The molecule has 0 bridgehead atoms. The van der Waals surface area contributed by atoms with Gasteiger partial charge in [0.1, 0.15) is 0 Å². The van der Waals surface area contributed by atoms with Crippen molar-refractivity contribution in [2.45, 2.75) is 31.2 Å². The first-order chi connectivity index (χ1) is 12.7. The van der Waals surface area contributed by atoms with E-state index in [4.69, 9.17) is 0 Å². The Morgan fingerprint density at radius 2 is 1.78 bits per heavy atom. The van der Waals surface area contributed by atoms with Gasteiger partial charge in [-0.05, 0) is 29.7 Å². The monoisotopic (exact) mass is 440 g/mol. The average molecular weight is 441 g/mol. The van der Waals surface area contributed by atoms with Crippen LogP contribution < -0.4 is 0 Å². The molecule has 8 heteroatoms. The van der Waals surface area contributed by atoms with E-state index in [9.17, 15) is 23.1 Å². The van der Waals surface area contributed by atoms with Gasteiger partial charge in [0, 0.05) is 10.9 Å². The number of benzene rings is 2. The number of rotatable bonds is 4. The first-order valence-corrected chi connectivity index (χ1v) is 8.99. The van der Waals surface area contributed by atoms with Gasteiger partial charge in [0.05, 0.1) is 12.1 Å². The molecule has 1 amide bonds. The molecule has 1 aliphatic heterocycles. The van der Waals surface area contributed by atoms with E-state index in [2.05, 4.69) is 21.0 Å². The lowest BCUT2D eigenvalue weighted by molar-refractivity contribution is -0.302. The third-order valence-corrected chi connectivity index (χ3v) is 4.85. The molecule has 1 atom stereocenters. The number of hydrogen-bond donors (Lipinski definition) is 1. The summed E-state index contributed by atoms with van der Waals surface area (Å²) in [5.41, 5.74) is -2.10. The fourth-order valence-electron chi connectivity index (χ4n) is 2.83. The second-order valence-electron chi connectivity index (χ2n) is 6.24. The molecule has 4 nitrogen and oxygen atoms in total. The zero-order chi connectivity index (χ0) is 19.7. The molecule has 3 rings (SSSR count).